The Hall–Kier alpha value is -1.06. The van der Waals surface area contributed by atoms with Crippen molar-refractivity contribution in [2.24, 2.45) is 5.92 Å². The van der Waals surface area contributed by atoms with Crippen molar-refractivity contribution in [3.63, 3.8) is 0 Å². The van der Waals surface area contributed by atoms with Crippen LogP contribution in [0.4, 0.5) is 0 Å². The molecular formula is C17H27NO2. The Balaban J connectivity index is 1.78. The van der Waals surface area contributed by atoms with Gasteiger partial charge in [0.05, 0.1) is 12.7 Å². The van der Waals surface area contributed by atoms with Crippen LogP contribution < -0.4 is 10.1 Å². The summed E-state index contributed by atoms with van der Waals surface area (Å²) in [5, 5.41) is 3.54. The van der Waals surface area contributed by atoms with Gasteiger partial charge in [-0.25, -0.2) is 0 Å². The first-order chi connectivity index (χ1) is 9.65. The van der Waals surface area contributed by atoms with E-state index in [4.69, 9.17) is 9.47 Å². The Morgan fingerprint density at radius 3 is 2.60 bits per heavy atom. The van der Waals surface area contributed by atoms with Gasteiger partial charge in [0.15, 0.2) is 0 Å². The van der Waals surface area contributed by atoms with Crippen LogP contribution in [0.2, 0.25) is 0 Å². The first-order valence-electron chi connectivity index (χ1n) is 7.73. The molecule has 0 radical (unpaired) electrons. The Morgan fingerprint density at radius 1 is 1.25 bits per heavy atom. The molecule has 0 bridgehead atoms. The Labute approximate surface area is 122 Å². The second-order valence-electron chi connectivity index (χ2n) is 6.04. The molecule has 0 aliphatic carbocycles. The molecule has 0 amide bonds. The van der Waals surface area contributed by atoms with E-state index in [0.717, 1.165) is 25.5 Å². The first-order valence-corrected chi connectivity index (χ1v) is 7.73. The highest BCUT2D eigenvalue weighted by Crippen LogP contribution is 2.19. The summed E-state index contributed by atoms with van der Waals surface area (Å²) in [5.74, 6) is 1.51. The van der Waals surface area contributed by atoms with Crippen molar-refractivity contribution in [1.82, 2.24) is 5.32 Å². The molecule has 0 spiro atoms. The summed E-state index contributed by atoms with van der Waals surface area (Å²) >= 11 is 0. The van der Waals surface area contributed by atoms with Gasteiger partial charge in [-0.3, -0.25) is 0 Å². The van der Waals surface area contributed by atoms with E-state index in [-0.39, 0.29) is 0 Å². The van der Waals surface area contributed by atoms with E-state index in [1.807, 2.05) is 0 Å². The molecule has 2 atom stereocenters. The lowest BCUT2D eigenvalue weighted by Gasteiger charge is -2.18. The van der Waals surface area contributed by atoms with Crippen LogP contribution >= 0.6 is 0 Å². The molecule has 1 aromatic carbocycles. The van der Waals surface area contributed by atoms with Gasteiger partial charge < -0.3 is 14.8 Å². The molecule has 0 saturated carbocycles. The van der Waals surface area contributed by atoms with Crippen LogP contribution in [-0.4, -0.2) is 25.9 Å². The van der Waals surface area contributed by atoms with Gasteiger partial charge in [0.25, 0.3) is 0 Å². The Kier molecular flexibility index (Phi) is 5.86. The van der Waals surface area contributed by atoms with Crippen molar-refractivity contribution >= 4 is 0 Å². The van der Waals surface area contributed by atoms with Crippen LogP contribution in [-0.2, 0) is 4.74 Å². The van der Waals surface area contributed by atoms with Crippen molar-refractivity contribution in [3.8, 4) is 5.75 Å². The topological polar surface area (TPSA) is 30.5 Å². The van der Waals surface area contributed by atoms with Crippen LogP contribution in [0.5, 0.6) is 5.75 Å². The van der Waals surface area contributed by atoms with Crippen LogP contribution in [0.3, 0.4) is 0 Å². The van der Waals surface area contributed by atoms with E-state index in [0.29, 0.717) is 18.1 Å². The van der Waals surface area contributed by atoms with Gasteiger partial charge in [0.2, 0.25) is 0 Å². The zero-order chi connectivity index (χ0) is 14.4. The molecule has 1 heterocycles. The van der Waals surface area contributed by atoms with E-state index < -0.39 is 0 Å². The molecule has 112 valence electrons. The Morgan fingerprint density at radius 2 is 2.00 bits per heavy atom. The molecule has 20 heavy (non-hydrogen) atoms. The molecule has 1 aliphatic heterocycles. The van der Waals surface area contributed by atoms with Gasteiger partial charge in [-0.05, 0) is 43.4 Å². The van der Waals surface area contributed by atoms with E-state index in [1.54, 1.807) is 0 Å². The van der Waals surface area contributed by atoms with E-state index in [2.05, 4.69) is 50.4 Å². The number of hydrogen-bond donors (Lipinski definition) is 1. The molecule has 3 heteroatoms. The number of rotatable bonds is 7. The predicted molar refractivity (Wildman–Crippen MR) is 82.2 cm³/mol. The molecule has 1 aromatic rings. The summed E-state index contributed by atoms with van der Waals surface area (Å²) in [6, 6.07) is 8.74. The number of benzene rings is 1. The fourth-order valence-corrected chi connectivity index (χ4v) is 2.35. The van der Waals surface area contributed by atoms with Gasteiger partial charge in [0, 0.05) is 19.2 Å². The molecule has 2 rings (SSSR count). The van der Waals surface area contributed by atoms with Gasteiger partial charge in [0.1, 0.15) is 5.75 Å². The lowest BCUT2D eigenvalue weighted by molar-refractivity contribution is 0.108. The van der Waals surface area contributed by atoms with Crippen molar-refractivity contribution in [2.75, 3.05) is 19.8 Å². The maximum atomic E-state index is 5.70. The van der Waals surface area contributed by atoms with Crippen molar-refractivity contribution in [3.05, 3.63) is 29.8 Å². The SMILES string of the molecule is CC(C)COc1ccc([C@H](C)NC[C@@H]2CCCO2)cc1. The lowest BCUT2D eigenvalue weighted by atomic mass is 10.1. The summed E-state index contributed by atoms with van der Waals surface area (Å²) in [4.78, 5) is 0. The third kappa shape index (κ3) is 4.80. The number of nitrogens with one attached hydrogen (secondary N) is 1. The monoisotopic (exact) mass is 277 g/mol. The normalized spacial score (nSPS) is 20.3. The summed E-state index contributed by atoms with van der Waals surface area (Å²) in [7, 11) is 0. The van der Waals surface area contributed by atoms with Crippen molar-refractivity contribution in [1.29, 1.82) is 0 Å². The molecule has 0 aromatic heterocycles. The highest BCUT2D eigenvalue weighted by Gasteiger charge is 2.16. The van der Waals surface area contributed by atoms with E-state index in [9.17, 15) is 0 Å². The second kappa shape index (κ2) is 7.65. The molecule has 1 fully saturated rings. The van der Waals surface area contributed by atoms with Crippen molar-refractivity contribution < 1.29 is 9.47 Å². The third-order valence-corrected chi connectivity index (χ3v) is 3.64. The summed E-state index contributed by atoms with van der Waals surface area (Å²) in [6.07, 6.45) is 2.77. The minimum Gasteiger partial charge on any atom is -0.493 e. The smallest absolute Gasteiger partial charge is 0.119 e. The number of hydrogen-bond acceptors (Lipinski definition) is 3. The summed E-state index contributed by atoms with van der Waals surface area (Å²) in [5.41, 5.74) is 1.29. The predicted octanol–water partition coefficient (Wildman–Crippen LogP) is 3.55. The van der Waals surface area contributed by atoms with Gasteiger partial charge in [-0.2, -0.15) is 0 Å². The highest BCUT2D eigenvalue weighted by atomic mass is 16.5. The maximum absolute atomic E-state index is 5.70. The van der Waals surface area contributed by atoms with Crippen LogP contribution in [0, 0.1) is 5.92 Å². The minimum atomic E-state index is 0.346. The third-order valence-electron chi connectivity index (χ3n) is 3.64. The van der Waals surface area contributed by atoms with Gasteiger partial charge >= 0.3 is 0 Å². The second-order valence-corrected chi connectivity index (χ2v) is 6.04. The van der Waals surface area contributed by atoms with Gasteiger partial charge in [-0.1, -0.05) is 26.0 Å². The molecular weight excluding hydrogens is 250 g/mol. The Bertz CT molecular complexity index is 382. The molecule has 3 nitrogen and oxygen atoms in total. The van der Waals surface area contributed by atoms with Gasteiger partial charge in [-0.15, -0.1) is 0 Å². The standard InChI is InChI=1S/C17H27NO2/c1-13(2)12-20-16-8-6-15(7-9-16)14(3)18-11-17-5-4-10-19-17/h6-9,13-14,17-18H,4-5,10-12H2,1-3H3/t14-,17-/m0/s1. The number of ether oxygens (including phenoxy) is 2. The van der Waals surface area contributed by atoms with E-state index >= 15 is 0 Å². The summed E-state index contributed by atoms with van der Waals surface area (Å²) in [6.45, 7) is 9.14. The molecule has 1 N–H and O–H groups in total. The zero-order valence-corrected chi connectivity index (χ0v) is 12.9. The average Bonchev–Trinajstić information content (AvgIpc) is 2.96. The maximum Gasteiger partial charge on any atom is 0.119 e. The van der Waals surface area contributed by atoms with Crippen LogP contribution in [0.25, 0.3) is 0 Å². The fraction of sp³-hybridized carbons (Fsp3) is 0.647. The quantitative estimate of drug-likeness (QED) is 0.826. The largest absolute Gasteiger partial charge is 0.493 e. The van der Waals surface area contributed by atoms with E-state index in [1.165, 1.54) is 18.4 Å². The van der Waals surface area contributed by atoms with Crippen LogP contribution in [0.1, 0.15) is 45.2 Å². The molecule has 1 saturated heterocycles. The minimum absolute atomic E-state index is 0.346. The first kappa shape index (κ1) is 15.3. The lowest BCUT2D eigenvalue weighted by Crippen LogP contribution is -2.28. The zero-order valence-electron chi connectivity index (χ0n) is 12.9. The molecule has 0 unspecified atom stereocenters. The van der Waals surface area contributed by atoms with Crippen molar-refractivity contribution in [2.45, 2.75) is 45.8 Å². The fourth-order valence-electron chi connectivity index (χ4n) is 2.35. The highest BCUT2D eigenvalue weighted by molar-refractivity contribution is 5.28. The summed E-state index contributed by atoms with van der Waals surface area (Å²) < 4.78 is 11.3. The average molecular weight is 277 g/mol. The molecule has 1 aliphatic rings. The van der Waals surface area contributed by atoms with Crippen LogP contribution in [0.15, 0.2) is 24.3 Å².